The first kappa shape index (κ1) is 16.0. The van der Waals surface area contributed by atoms with Gasteiger partial charge in [-0.05, 0) is 71.6 Å². The van der Waals surface area contributed by atoms with Crippen LogP contribution in [0.1, 0.15) is 34.5 Å². The smallest absolute Gasteiger partial charge is 0.0731 e. The number of aryl methyl sites for hydroxylation is 2. The summed E-state index contributed by atoms with van der Waals surface area (Å²) < 4.78 is 1.21. The van der Waals surface area contributed by atoms with Crippen molar-refractivity contribution in [1.82, 2.24) is 5.32 Å². The maximum absolute atomic E-state index is 6.36. The summed E-state index contributed by atoms with van der Waals surface area (Å²) in [4.78, 5) is 1.35. The molecule has 0 bridgehead atoms. The summed E-state index contributed by atoms with van der Waals surface area (Å²) in [7, 11) is 0. The Kier molecular flexibility index (Phi) is 5.67. The Balaban J connectivity index is 2.25. The van der Waals surface area contributed by atoms with Gasteiger partial charge in [0.25, 0.3) is 0 Å². The van der Waals surface area contributed by atoms with E-state index in [0.29, 0.717) is 6.04 Å². The molecule has 0 aliphatic rings. The molecule has 108 valence electrons. The van der Waals surface area contributed by atoms with Gasteiger partial charge in [0.05, 0.1) is 3.79 Å². The van der Waals surface area contributed by atoms with Gasteiger partial charge in [0.2, 0.25) is 0 Å². The van der Waals surface area contributed by atoms with Gasteiger partial charge < -0.3 is 5.32 Å². The van der Waals surface area contributed by atoms with Gasteiger partial charge in [0, 0.05) is 15.9 Å². The van der Waals surface area contributed by atoms with Gasteiger partial charge in [0.15, 0.2) is 0 Å². The highest BCUT2D eigenvalue weighted by molar-refractivity contribution is 9.11. The average molecular weight is 373 g/mol. The number of likely N-dealkylation sites (N-methyl/N-ethyl adjacent to an activating group) is 1. The number of hydrogen-bond acceptors (Lipinski definition) is 2. The molecule has 1 atom stereocenters. The van der Waals surface area contributed by atoms with Gasteiger partial charge in [-0.3, -0.25) is 0 Å². The molecule has 1 aromatic heterocycles. The summed E-state index contributed by atoms with van der Waals surface area (Å²) >= 11 is 11.8. The van der Waals surface area contributed by atoms with E-state index in [0.717, 1.165) is 18.0 Å². The number of benzene rings is 1. The van der Waals surface area contributed by atoms with Crippen molar-refractivity contribution in [2.75, 3.05) is 6.54 Å². The zero-order valence-corrected chi connectivity index (χ0v) is 15.1. The van der Waals surface area contributed by atoms with Crippen molar-refractivity contribution in [1.29, 1.82) is 0 Å². The van der Waals surface area contributed by atoms with Crippen LogP contribution < -0.4 is 5.32 Å². The van der Waals surface area contributed by atoms with E-state index in [-0.39, 0.29) is 0 Å². The molecular formula is C16H19BrClNS. The Hall–Kier alpha value is -0.350. The molecule has 2 aromatic rings. The molecule has 1 nitrogen and oxygen atoms in total. The molecule has 1 N–H and O–H groups in total. The summed E-state index contributed by atoms with van der Waals surface area (Å²) in [6.07, 6.45) is 0.916. The van der Waals surface area contributed by atoms with Crippen LogP contribution in [0.15, 0.2) is 28.1 Å². The van der Waals surface area contributed by atoms with Crippen molar-refractivity contribution in [3.05, 3.63) is 54.6 Å². The summed E-state index contributed by atoms with van der Waals surface area (Å²) in [5, 5.41) is 4.42. The lowest BCUT2D eigenvalue weighted by molar-refractivity contribution is 0.558. The van der Waals surface area contributed by atoms with Crippen LogP contribution in [0.25, 0.3) is 0 Å². The van der Waals surface area contributed by atoms with E-state index in [1.54, 1.807) is 11.3 Å². The fourth-order valence-electron chi connectivity index (χ4n) is 2.21. The lowest BCUT2D eigenvalue weighted by atomic mass is 10.0. The van der Waals surface area contributed by atoms with Crippen molar-refractivity contribution in [3.63, 3.8) is 0 Å². The van der Waals surface area contributed by atoms with Crippen molar-refractivity contribution in [3.8, 4) is 0 Å². The minimum absolute atomic E-state index is 0.315. The van der Waals surface area contributed by atoms with Crippen molar-refractivity contribution in [2.24, 2.45) is 0 Å². The Morgan fingerprint density at radius 3 is 2.60 bits per heavy atom. The standard InChI is InChI=1S/C16H19BrClNS/c1-4-19-14(15-8-11(3)16(17)20-15)9-12-6-5-10(2)7-13(12)18/h5-8,14,19H,4,9H2,1-3H3. The minimum atomic E-state index is 0.315. The monoisotopic (exact) mass is 371 g/mol. The number of hydrogen-bond donors (Lipinski definition) is 1. The largest absolute Gasteiger partial charge is 0.309 e. The second kappa shape index (κ2) is 7.08. The van der Waals surface area contributed by atoms with E-state index in [1.165, 1.54) is 25.4 Å². The number of nitrogens with one attached hydrogen (secondary N) is 1. The summed E-state index contributed by atoms with van der Waals surface area (Å²) in [5.41, 5.74) is 3.70. The molecule has 1 aromatic carbocycles. The van der Waals surface area contributed by atoms with Crippen LogP contribution in [0.3, 0.4) is 0 Å². The third-order valence-corrected chi connectivity index (χ3v) is 5.90. The second-order valence-corrected chi connectivity index (χ2v) is 7.82. The first-order valence-electron chi connectivity index (χ1n) is 6.75. The fourth-order valence-corrected chi connectivity index (χ4v) is 4.17. The van der Waals surface area contributed by atoms with Gasteiger partial charge >= 0.3 is 0 Å². The van der Waals surface area contributed by atoms with Crippen LogP contribution in [-0.2, 0) is 6.42 Å². The van der Waals surface area contributed by atoms with Crippen LogP contribution in [0.5, 0.6) is 0 Å². The summed E-state index contributed by atoms with van der Waals surface area (Å²) in [6, 6.07) is 8.87. The van der Waals surface area contributed by atoms with Crippen LogP contribution >= 0.6 is 38.9 Å². The first-order valence-corrected chi connectivity index (χ1v) is 8.74. The predicted molar refractivity (Wildman–Crippen MR) is 93.1 cm³/mol. The van der Waals surface area contributed by atoms with E-state index < -0.39 is 0 Å². The highest BCUT2D eigenvalue weighted by atomic mass is 79.9. The van der Waals surface area contributed by atoms with Gasteiger partial charge in [-0.2, -0.15) is 0 Å². The molecule has 2 rings (SSSR count). The number of halogens is 2. The van der Waals surface area contributed by atoms with Crippen LogP contribution in [-0.4, -0.2) is 6.54 Å². The number of rotatable bonds is 5. The van der Waals surface area contributed by atoms with E-state index in [4.69, 9.17) is 11.6 Å². The minimum Gasteiger partial charge on any atom is -0.309 e. The molecule has 1 heterocycles. The SMILES string of the molecule is CCNC(Cc1ccc(C)cc1Cl)c1cc(C)c(Br)s1. The average Bonchev–Trinajstić information content (AvgIpc) is 2.72. The third-order valence-electron chi connectivity index (χ3n) is 3.30. The topological polar surface area (TPSA) is 12.0 Å². The molecule has 0 amide bonds. The van der Waals surface area contributed by atoms with Gasteiger partial charge in [0.1, 0.15) is 0 Å². The quantitative estimate of drug-likeness (QED) is 0.712. The molecule has 0 fully saturated rings. The Morgan fingerprint density at radius 1 is 1.30 bits per heavy atom. The van der Waals surface area contributed by atoms with Gasteiger partial charge in [-0.25, -0.2) is 0 Å². The normalized spacial score (nSPS) is 12.7. The highest BCUT2D eigenvalue weighted by Crippen LogP contribution is 2.33. The molecule has 0 aliphatic heterocycles. The van der Waals surface area contributed by atoms with Crippen molar-refractivity contribution < 1.29 is 0 Å². The molecule has 0 spiro atoms. The lowest BCUT2D eigenvalue weighted by Gasteiger charge is -2.17. The zero-order chi connectivity index (χ0) is 14.7. The summed E-state index contributed by atoms with van der Waals surface area (Å²) in [5.74, 6) is 0. The van der Waals surface area contributed by atoms with Crippen LogP contribution in [0, 0.1) is 13.8 Å². The molecule has 0 saturated heterocycles. The van der Waals surface area contributed by atoms with E-state index in [2.05, 4.69) is 60.2 Å². The predicted octanol–water partition coefficient (Wildman–Crippen LogP) is 5.67. The first-order chi connectivity index (χ1) is 9.51. The molecular weight excluding hydrogens is 354 g/mol. The van der Waals surface area contributed by atoms with Crippen LogP contribution in [0.4, 0.5) is 0 Å². The van der Waals surface area contributed by atoms with Crippen molar-refractivity contribution >= 4 is 38.9 Å². The fraction of sp³-hybridized carbons (Fsp3) is 0.375. The molecule has 20 heavy (non-hydrogen) atoms. The Morgan fingerprint density at radius 2 is 2.05 bits per heavy atom. The van der Waals surface area contributed by atoms with E-state index in [9.17, 15) is 0 Å². The van der Waals surface area contributed by atoms with Crippen LogP contribution in [0.2, 0.25) is 5.02 Å². The molecule has 1 unspecified atom stereocenters. The van der Waals surface area contributed by atoms with E-state index >= 15 is 0 Å². The lowest BCUT2D eigenvalue weighted by Crippen LogP contribution is -2.22. The molecule has 0 saturated carbocycles. The maximum atomic E-state index is 6.36. The van der Waals surface area contributed by atoms with Gasteiger partial charge in [-0.1, -0.05) is 30.7 Å². The molecule has 0 radical (unpaired) electrons. The second-order valence-electron chi connectivity index (χ2n) is 5.01. The molecule has 0 aliphatic carbocycles. The Bertz CT molecular complexity index is 575. The number of thiophene rings is 1. The summed E-state index contributed by atoms with van der Waals surface area (Å²) in [6.45, 7) is 7.28. The molecule has 4 heteroatoms. The zero-order valence-electron chi connectivity index (χ0n) is 12.0. The van der Waals surface area contributed by atoms with E-state index in [1.807, 2.05) is 6.07 Å². The maximum Gasteiger partial charge on any atom is 0.0731 e. The highest BCUT2D eigenvalue weighted by Gasteiger charge is 2.16. The van der Waals surface area contributed by atoms with Gasteiger partial charge in [-0.15, -0.1) is 11.3 Å². The van der Waals surface area contributed by atoms with Crippen molar-refractivity contribution in [2.45, 2.75) is 33.2 Å². The third kappa shape index (κ3) is 3.85. The Labute approximate surface area is 138 Å².